The number of benzene rings is 2. The molecule has 0 saturated carbocycles. The minimum atomic E-state index is 0.793. The molecule has 5 nitrogen and oxygen atoms in total. The summed E-state index contributed by atoms with van der Waals surface area (Å²) in [5, 5.41) is 8.28. The van der Waals surface area contributed by atoms with E-state index in [0.29, 0.717) is 0 Å². The van der Waals surface area contributed by atoms with E-state index in [1.165, 1.54) is 11.1 Å². The summed E-state index contributed by atoms with van der Waals surface area (Å²) in [6.07, 6.45) is 0. The van der Waals surface area contributed by atoms with Gasteiger partial charge in [0.2, 0.25) is 0 Å². The second kappa shape index (κ2) is 6.76. The molecule has 2 aromatic heterocycles. The maximum absolute atomic E-state index is 5.49. The second-order valence-electron chi connectivity index (χ2n) is 6.78. The molecule has 0 aliphatic heterocycles. The molecular formula is C22H22N4O. The zero-order valence-corrected chi connectivity index (χ0v) is 15.9. The largest absolute Gasteiger partial charge is 0.496 e. The van der Waals surface area contributed by atoms with Crippen LogP contribution >= 0.6 is 0 Å². The SMILES string of the molecule is COc1ccccc1-c1cc2nc(C)cc(Nc3cc(C)cc(C)c3)n2n1. The Balaban J connectivity index is 1.83. The van der Waals surface area contributed by atoms with Crippen molar-refractivity contribution in [3.8, 4) is 17.0 Å². The smallest absolute Gasteiger partial charge is 0.158 e. The quantitative estimate of drug-likeness (QED) is 0.553. The van der Waals surface area contributed by atoms with Crippen LogP contribution in [-0.2, 0) is 0 Å². The van der Waals surface area contributed by atoms with Crippen molar-refractivity contribution in [2.75, 3.05) is 12.4 Å². The van der Waals surface area contributed by atoms with E-state index in [2.05, 4.69) is 42.3 Å². The van der Waals surface area contributed by atoms with Gasteiger partial charge in [0.15, 0.2) is 5.65 Å². The number of aryl methyl sites for hydroxylation is 3. The number of ether oxygens (including phenoxy) is 1. The van der Waals surface area contributed by atoms with E-state index in [1.807, 2.05) is 47.8 Å². The highest BCUT2D eigenvalue weighted by Crippen LogP contribution is 2.30. The number of hydrogen-bond acceptors (Lipinski definition) is 4. The van der Waals surface area contributed by atoms with Crippen molar-refractivity contribution in [2.24, 2.45) is 0 Å². The molecule has 2 aromatic carbocycles. The van der Waals surface area contributed by atoms with Gasteiger partial charge in [0.25, 0.3) is 0 Å². The Morgan fingerprint density at radius 3 is 2.41 bits per heavy atom. The summed E-state index contributed by atoms with van der Waals surface area (Å²) < 4.78 is 7.33. The van der Waals surface area contributed by atoms with Crippen LogP contribution in [0, 0.1) is 20.8 Å². The molecule has 0 amide bonds. The summed E-state index contributed by atoms with van der Waals surface area (Å²) in [4.78, 5) is 4.63. The standard InChI is InChI=1S/C22H22N4O/c1-14-9-15(2)11-17(10-14)24-21-12-16(3)23-22-13-19(25-26(21)22)18-7-5-6-8-20(18)27-4/h5-13,24H,1-4H3. The van der Waals surface area contributed by atoms with Gasteiger partial charge < -0.3 is 10.1 Å². The molecule has 0 spiro atoms. The lowest BCUT2D eigenvalue weighted by Gasteiger charge is -2.11. The van der Waals surface area contributed by atoms with Crippen LogP contribution < -0.4 is 10.1 Å². The molecule has 2 heterocycles. The maximum Gasteiger partial charge on any atom is 0.158 e. The summed E-state index contributed by atoms with van der Waals surface area (Å²) in [6.45, 7) is 6.18. The number of rotatable bonds is 4. The van der Waals surface area contributed by atoms with E-state index in [1.54, 1.807) is 7.11 Å². The average Bonchev–Trinajstić information content (AvgIpc) is 3.04. The third kappa shape index (κ3) is 3.36. The summed E-state index contributed by atoms with van der Waals surface area (Å²) in [7, 11) is 1.67. The highest BCUT2D eigenvalue weighted by atomic mass is 16.5. The lowest BCUT2D eigenvalue weighted by atomic mass is 10.1. The molecule has 136 valence electrons. The fourth-order valence-corrected chi connectivity index (χ4v) is 3.37. The van der Waals surface area contributed by atoms with Crippen LogP contribution in [0.1, 0.15) is 16.8 Å². The highest BCUT2D eigenvalue weighted by molar-refractivity contribution is 5.72. The third-order valence-electron chi connectivity index (χ3n) is 4.43. The Bertz CT molecular complexity index is 1110. The molecular weight excluding hydrogens is 336 g/mol. The monoisotopic (exact) mass is 358 g/mol. The van der Waals surface area contributed by atoms with Crippen LogP contribution in [-0.4, -0.2) is 21.7 Å². The van der Waals surface area contributed by atoms with Gasteiger partial charge in [-0.2, -0.15) is 9.61 Å². The number of fused-ring (bicyclic) bond motifs is 1. The van der Waals surface area contributed by atoms with Crippen molar-refractivity contribution in [1.29, 1.82) is 0 Å². The van der Waals surface area contributed by atoms with Crippen molar-refractivity contribution < 1.29 is 4.74 Å². The molecule has 0 saturated heterocycles. The van der Waals surface area contributed by atoms with Gasteiger partial charge in [0, 0.05) is 29.1 Å². The van der Waals surface area contributed by atoms with Gasteiger partial charge in [-0.3, -0.25) is 0 Å². The summed E-state index contributed by atoms with van der Waals surface area (Å²) in [6, 6.07) is 18.3. The van der Waals surface area contributed by atoms with E-state index in [4.69, 9.17) is 9.84 Å². The Labute approximate surface area is 158 Å². The molecule has 1 N–H and O–H groups in total. The lowest BCUT2D eigenvalue weighted by molar-refractivity contribution is 0.416. The van der Waals surface area contributed by atoms with Gasteiger partial charge in [0.05, 0.1) is 12.8 Å². The number of methoxy groups -OCH3 is 1. The van der Waals surface area contributed by atoms with Crippen molar-refractivity contribution >= 4 is 17.2 Å². The average molecular weight is 358 g/mol. The van der Waals surface area contributed by atoms with Crippen molar-refractivity contribution in [3.63, 3.8) is 0 Å². The number of aromatic nitrogens is 3. The lowest BCUT2D eigenvalue weighted by Crippen LogP contribution is -2.03. The van der Waals surface area contributed by atoms with E-state index < -0.39 is 0 Å². The first-order valence-corrected chi connectivity index (χ1v) is 8.89. The van der Waals surface area contributed by atoms with Gasteiger partial charge in [-0.05, 0) is 56.2 Å². The molecule has 27 heavy (non-hydrogen) atoms. The molecule has 0 bridgehead atoms. The molecule has 0 atom stereocenters. The predicted molar refractivity (Wildman–Crippen MR) is 109 cm³/mol. The summed E-state index contributed by atoms with van der Waals surface area (Å²) in [5.74, 6) is 1.67. The second-order valence-corrected chi connectivity index (χ2v) is 6.78. The van der Waals surface area contributed by atoms with Crippen LogP contribution in [0.25, 0.3) is 16.9 Å². The molecule has 0 aliphatic rings. The zero-order chi connectivity index (χ0) is 19.0. The maximum atomic E-state index is 5.49. The van der Waals surface area contributed by atoms with Gasteiger partial charge in [-0.25, -0.2) is 4.98 Å². The molecule has 4 aromatic rings. The minimum Gasteiger partial charge on any atom is -0.496 e. The molecule has 0 unspecified atom stereocenters. The Kier molecular flexibility index (Phi) is 4.28. The fourth-order valence-electron chi connectivity index (χ4n) is 3.37. The Morgan fingerprint density at radius 1 is 0.926 bits per heavy atom. The van der Waals surface area contributed by atoms with Gasteiger partial charge in [-0.15, -0.1) is 0 Å². The summed E-state index contributed by atoms with van der Waals surface area (Å²) in [5.41, 5.74) is 6.97. The van der Waals surface area contributed by atoms with Crippen molar-refractivity contribution in [2.45, 2.75) is 20.8 Å². The molecule has 5 heteroatoms. The minimum absolute atomic E-state index is 0.793. The Hall–Kier alpha value is -3.34. The first-order valence-electron chi connectivity index (χ1n) is 8.89. The van der Waals surface area contributed by atoms with E-state index in [0.717, 1.165) is 39.9 Å². The first-order chi connectivity index (χ1) is 13.0. The van der Waals surface area contributed by atoms with E-state index in [-0.39, 0.29) is 0 Å². The molecule has 0 aliphatic carbocycles. The van der Waals surface area contributed by atoms with Crippen molar-refractivity contribution in [1.82, 2.24) is 14.6 Å². The number of hydrogen-bond donors (Lipinski definition) is 1. The van der Waals surface area contributed by atoms with E-state index >= 15 is 0 Å². The Morgan fingerprint density at radius 2 is 1.67 bits per heavy atom. The molecule has 4 rings (SSSR count). The number of nitrogens with zero attached hydrogens (tertiary/aromatic N) is 3. The first kappa shape index (κ1) is 17.1. The van der Waals surface area contributed by atoms with Gasteiger partial charge >= 0.3 is 0 Å². The third-order valence-corrected chi connectivity index (χ3v) is 4.43. The fraction of sp³-hybridized carbons (Fsp3) is 0.182. The van der Waals surface area contributed by atoms with Crippen LogP contribution in [0.15, 0.2) is 54.6 Å². The van der Waals surface area contributed by atoms with Crippen LogP contribution in [0.2, 0.25) is 0 Å². The number of nitrogens with one attached hydrogen (secondary N) is 1. The summed E-state index contributed by atoms with van der Waals surface area (Å²) >= 11 is 0. The van der Waals surface area contributed by atoms with Gasteiger partial charge in [0.1, 0.15) is 11.6 Å². The molecule has 0 radical (unpaired) electrons. The highest BCUT2D eigenvalue weighted by Gasteiger charge is 2.13. The normalized spacial score (nSPS) is 11.0. The van der Waals surface area contributed by atoms with Crippen LogP contribution in [0.5, 0.6) is 5.75 Å². The number of para-hydroxylation sites is 1. The topological polar surface area (TPSA) is 51.5 Å². The zero-order valence-electron chi connectivity index (χ0n) is 15.9. The van der Waals surface area contributed by atoms with Gasteiger partial charge in [-0.1, -0.05) is 18.2 Å². The predicted octanol–water partition coefficient (Wildman–Crippen LogP) is 5.07. The van der Waals surface area contributed by atoms with Crippen LogP contribution in [0.4, 0.5) is 11.5 Å². The molecule has 0 fully saturated rings. The van der Waals surface area contributed by atoms with Crippen molar-refractivity contribution in [3.05, 3.63) is 71.4 Å². The van der Waals surface area contributed by atoms with Crippen LogP contribution in [0.3, 0.4) is 0 Å². The number of anilines is 2. The van der Waals surface area contributed by atoms with E-state index in [9.17, 15) is 0 Å².